The molecule has 0 radical (unpaired) electrons. The number of non-ortho nitro benzene ring substituents is 1. The zero-order valence-corrected chi connectivity index (χ0v) is 20.4. The van der Waals surface area contributed by atoms with E-state index >= 15 is 0 Å². The Balaban J connectivity index is 1.50. The van der Waals surface area contributed by atoms with Gasteiger partial charge in [-0.25, -0.2) is 0 Å². The number of nitrogens with zero attached hydrogens (tertiary/aromatic N) is 5. The normalized spacial score (nSPS) is 16.5. The van der Waals surface area contributed by atoms with Crippen LogP contribution in [0, 0.1) is 10.1 Å². The second kappa shape index (κ2) is 10.1. The van der Waals surface area contributed by atoms with Crippen LogP contribution in [0.4, 0.5) is 24.5 Å². The average molecular weight is 526 g/mol. The Labute approximate surface area is 216 Å². The third-order valence-electron chi connectivity index (χ3n) is 7.04. The van der Waals surface area contributed by atoms with Gasteiger partial charge in [0, 0.05) is 86.6 Å². The highest BCUT2D eigenvalue weighted by molar-refractivity contribution is 5.87. The minimum atomic E-state index is -4.98. The molecule has 4 aromatic rings. The van der Waals surface area contributed by atoms with Crippen LogP contribution < -0.4 is 4.90 Å². The summed E-state index contributed by atoms with van der Waals surface area (Å²) >= 11 is 0. The zero-order valence-electron chi connectivity index (χ0n) is 20.4. The molecule has 1 atom stereocenters. The number of nitro groups is 1. The van der Waals surface area contributed by atoms with Crippen LogP contribution in [0.5, 0.6) is 0 Å². The van der Waals surface area contributed by atoms with Crippen molar-refractivity contribution in [3.8, 4) is 0 Å². The number of aliphatic hydroxyl groups is 1. The van der Waals surface area contributed by atoms with Gasteiger partial charge in [0.1, 0.15) is 0 Å². The maximum atomic E-state index is 14.6. The zero-order chi connectivity index (χ0) is 26.9. The molecule has 1 aliphatic rings. The van der Waals surface area contributed by atoms with E-state index in [1.54, 1.807) is 17.3 Å². The number of benzene rings is 2. The quantitative estimate of drug-likeness (QED) is 0.281. The highest BCUT2D eigenvalue weighted by atomic mass is 19.4. The predicted molar refractivity (Wildman–Crippen MR) is 137 cm³/mol. The summed E-state index contributed by atoms with van der Waals surface area (Å²) in [7, 11) is 0. The maximum absolute atomic E-state index is 14.6. The topological polar surface area (TPSA) is 87.7 Å². The number of hydrogen-bond acceptors (Lipinski definition) is 6. The fraction of sp³-hybridized carbons (Fsp3) is 0.296. The van der Waals surface area contributed by atoms with Crippen molar-refractivity contribution in [2.45, 2.75) is 18.3 Å². The number of nitro benzene ring substituents is 1. The minimum absolute atomic E-state index is 0.127. The van der Waals surface area contributed by atoms with Crippen LogP contribution >= 0.6 is 0 Å². The van der Waals surface area contributed by atoms with E-state index in [0.29, 0.717) is 26.2 Å². The minimum Gasteiger partial charge on any atom is -0.375 e. The lowest BCUT2D eigenvalue weighted by Gasteiger charge is -2.40. The molecule has 2 aromatic carbocycles. The van der Waals surface area contributed by atoms with Gasteiger partial charge >= 0.3 is 6.18 Å². The fourth-order valence-corrected chi connectivity index (χ4v) is 5.00. The number of fused-ring (bicyclic) bond motifs is 1. The predicted octanol–water partition coefficient (Wildman–Crippen LogP) is 4.56. The highest BCUT2D eigenvalue weighted by Gasteiger charge is 2.57. The summed E-state index contributed by atoms with van der Waals surface area (Å²) in [6.45, 7) is 1.20. The second-order valence-corrected chi connectivity index (χ2v) is 9.44. The lowest BCUT2D eigenvalue weighted by Crippen LogP contribution is -2.55. The van der Waals surface area contributed by atoms with Gasteiger partial charge in [-0.15, -0.1) is 0 Å². The van der Waals surface area contributed by atoms with Crippen molar-refractivity contribution in [2.24, 2.45) is 0 Å². The van der Waals surface area contributed by atoms with Gasteiger partial charge in [0.15, 0.2) is 0 Å². The summed E-state index contributed by atoms with van der Waals surface area (Å²) in [5.74, 6) is 0. The van der Waals surface area contributed by atoms with E-state index in [9.17, 15) is 28.4 Å². The van der Waals surface area contributed by atoms with Crippen LogP contribution in [0.25, 0.3) is 10.9 Å². The number of piperazine rings is 1. The first-order valence-corrected chi connectivity index (χ1v) is 12.1. The van der Waals surface area contributed by atoms with Crippen LogP contribution in [0.1, 0.15) is 11.1 Å². The Morgan fingerprint density at radius 3 is 2.29 bits per heavy atom. The van der Waals surface area contributed by atoms with Crippen LogP contribution in [0.15, 0.2) is 79.3 Å². The van der Waals surface area contributed by atoms with Gasteiger partial charge in [0.25, 0.3) is 5.69 Å². The number of β-amino-alcohol motifs (C(OH)–C–C–N with tert-alkyl or cyclic N) is 1. The van der Waals surface area contributed by atoms with Crippen LogP contribution in [0.2, 0.25) is 0 Å². The molecule has 1 saturated heterocycles. The van der Waals surface area contributed by atoms with E-state index < -0.39 is 23.2 Å². The summed E-state index contributed by atoms with van der Waals surface area (Å²) in [5.41, 5.74) is -1.73. The Morgan fingerprint density at radius 2 is 1.66 bits per heavy atom. The average Bonchev–Trinajstić information content (AvgIpc) is 3.27. The summed E-state index contributed by atoms with van der Waals surface area (Å²) in [6, 6.07) is 16.5. The number of anilines is 1. The van der Waals surface area contributed by atoms with Crippen molar-refractivity contribution >= 4 is 22.3 Å². The van der Waals surface area contributed by atoms with E-state index in [0.717, 1.165) is 11.3 Å². The molecule has 0 bridgehead atoms. The summed E-state index contributed by atoms with van der Waals surface area (Å²) in [4.78, 5) is 18.5. The SMILES string of the molecule is O=[N+]([O-])c1ccc2c(C(O)(CN3CCN(c4ccncc4)CC3)C(F)(F)F)cn(Cc3ccccc3)c2c1. The number of alkyl halides is 3. The molecule has 1 fully saturated rings. The lowest BCUT2D eigenvalue weighted by atomic mass is 9.91. The highest BCUT2D eigenvalue weighted by Crippen LogP contribution is 2.44. The lowest BCUT2D eigenvalue weighted by molar-refractivity contribution is -0.384. The van der Waals surface area contributed by atoms with E-state index in [1.165, 1.54) is 29.0 Å². The molecule has 0 aliphatic carbocycles. The van der Waals surface area contributed by atoms with Crippen LogP contribution in [-0.2, 0) is 12.1 Å². The number of hydrogen-bond donors (Lipinski definition) is 1. The first kappa shape index (κ1) is 25.7. The maximum Gasteiger partial charge on any atom is 0.422 e. The van der Waals surface area contributed by atoms with Crippen molar-refractivity contribution in [3.05, 3.63) is 100 Å². The van der Waals surface area contributed by atoms with Gasteiger partial charge in [-0.3, -0.25) is 20.0 Å². The third-order valence-corrected chi connectivity index (χ3v) is 7.04. The number of aromatic nitrogens is 2. The first-order valence-electron chi connectivity index (χ1n) is 12.1. The molecular weight excluding hydrogens is 499 g/mol. The van der Waals surface area contributed by atoms with Crippen molar-refractivity contribution in [3.63, 3.8) is 0 Å². The molecule has 0 amide bonds. The third kappa shape index (κ3) is 4.94. The molecule has 38 heavy (non-hydrogen) atoms. The van der Waals surface area contributed by atoms with E-state index in [2.05, 4.69) is 9.88 Å². The largest absolute Gasteiger partial charge is 0.422 e. The molecule has 1 aliphatic heterocycles. The smallest absolute Gasteiger partial charge is 0.375 e. The van der Waals surface area contributed by atoms with Gasteiger partial charge in [-0.05, 0) is 23.8 Å². The summed E-state index contributed by atoms with van der Waals surface area (Å²) in [6.07, 6.45) is -0.371. The Bertz CT molecular complexity index is 1420. The van der Waals surface area contributed by atoms with Gasteiger partial charge in [-0.2, -0.15) is 13.2 Å². The van der Waals surface area contributed by atoms with Gasteiger partial charge in [0.05, 0.1) is 10.4 Å². The molecule has 0 spiro atoms. The molecule has 2 aromatic heterocycles. The molecule has 5 rings (SSSR count). The van der Waals surface area contributed by atoms with Crippen molar-refractivity contribution in [1.82, 2.24) is 14.5 Å². The van der Waals surface area contributed by atoms with Crippen molar-refractivity contribution < 1.29 is 23.2 Å². The molecule has 11 heteroatoms. The Morgan fingerprint density at radius 1 is 0.974 bits per heavy atom. The monoisotopic (exact) mass is 525 g/mol. The molecule has 198 valence electrons. The first-order chi connectivity index (χ1) is 18.2. The van der Waals surface area contributed by atoms with E-state index in [-0.39, 0.29) is 28.7 Å². The summed E-state index contributed by atoms with van der Waals surface area (Å²) in [5, 5.41) is 22.9. The molecular formula is C27H26F3N5O3. The molecule has 1 unspecified atom stereocenters. The van der Waals surface area contributed by atoms with E-state index in [1.807, 2.05) is 42.5 Å². The standard InChI is InChI=1S/C27H26F3N5O3/c28-27(29,30)26(36,19-32-12-14-33(15-13-32)21-8-10-31-11-9-21)24-18-34(17-20-4-2-1-3-5-20)25-16-22(35(37)38)6-7-23(24)25/h1-11,16,18,36H,12-15,17,19H2. The van der Waals surface area contributed by atoms with Crippen molar-refractivity contribution in [1.29, 1.82) is 0 Å². The molecule has 8 nitrogen and oxygen atoms in total. The second-order valence-electron chi connectivity index (χ2n) is 9.44. The summed E-state index contributed by atoms with van der Waals surface area (Å²) < 4.78 is 45.5. The van der Waals surface area contributed by atoms with Gasteiger partial charge in [-0.1, -0.05) is 30.3 Å². The van der Waals surface area contributed by atoms with Gasteiger partial charge < -0.3 is 14.6 Å². The Kier molecular flexibility index (Phi) is 6.80. The molecule has 1 N–H and O–H groups in total. The van der Waals surface area contributed by atoms with Crippen molar-refractivity contribution in [2.75, 3.05) is 37.6 Å². The molecule has 0 saturated carbocycles. The van der Waals surface area contributed by atoms with Crippen LogP contribution in [0.3, 0.4) is 0 Å². The number of pyridine rings is 1. The Hall–Kier alpha value is -3.96. The van der Waals surface area contributed by atoms with Crippen LogP contribution in [-0.4, -0.2) is 63.4 Å². The number of halogens is 3. The fourth-order valence-electron chi connectivity index (χ4n) is 5.00. The molecule has 3 heterocycles. The number of rotatable bonds is 7. The van der Waals surface area contributed by atoms with E-state index in [4.69, 9.17) is 0 Å². The van der Waals surface area contributed by atoms with Gasteiger partial charge in [0.2, 0.25) is 5.60 Å².